The van der Waals surface area contributed by atoms with E-state index >= 15 is 0 Å². The minimum absolute atomic E-state index is 0.347. The maximum atomic E-state index is 5.67. The summed E-state index contributed by atoms with van der Waals surface area (Å²) < 4.78 is 5.67. The zero-order valence-electron chi connectivity index (χ0n) is 7.29. The molecular weight excluding hydrogens is 172 g/mol. The molecule has 2 aliphatic rings. The second-order valence-corrected chi connectivity index (χ2v) is 4.40. The van der Waals surface area contributed by atoms with Crippen LogP contribution >= 0.6 is 11.8 Å². The van der Waals surface area contributed by atoms with E-state index in [-0.39, 0.29) is 0 Å². The predicted molar refractivity (Wildman–Crippen MR) is 51.5 cm³/mol. The molecule has 0 bridgehead atoms. The van der Waals surface area contributed by atoms with Gasteiger partial charge in [-0.1, -0.05) is 0 Å². The average Bonchev–Trinajstić information content (AvgIpc) is 2.21. The molecule has 1 atom stereocenters. The lowest BCUT2D eigenvalue weighted by molar-refractivity contribution is -0.0711. The number of rotatable bonds is 1. The van der Waals surface area contributed by atoms with E-state index in [0.29, 0.717) is 6.23 Å². The summed E-state index contributed by atoms with van der Waals surface area (Å²) in [6, 6.07) is 0. The fraction of sp³-hybridized carbons (Fsp3) is 1.00. The van der Waals surface area contributed by atoms with Crippen molar-refractivity contribution in [1.29, 1.82) is 0 Å². The van der Waals surface area contributed by atoms with Crippen molar-refractivity contribution in [3.8, 4) is 0 Å². The van der Waals surface area contributed by atoms with Gasteiger partial charge in [-0.15, -0.1) is 0 Å². The summed E-state index contributed by atoms with van der Waals surface area (Å²) in [6.45, 7) is 5.27. The zero-order chi connectivity index (χ0) is 8.23. The van der Waals surface area contributed by atoms with Crippen LogP contribution in [0.1, 0.15) is 0 Å². The molecule has 2 aliphatic heterocycles. The summed E-state index contributed by atoms with van der Waals surface area (Å²) in [4.78, 5) is 2.45. The van der Waals surface area contributed by atoms with E-state index in [9.17, 15) is 0 Å². The first-order valence-corrected chi connectivity index (χ1v) is 5.76. The van der Waals surface area contributed by atoms with Crippen molar-refractivity contribution in [3.05, 3.63) is 0 Å². The maximum absolute atomic E-state index is 5.67. The highest BCUT2D eigenvalue weighted by molar-refractivity contribution is 7.99. The van der Waals surface area contributed by atoms with Gasteiger partial charge >= 0.3 is 0 Å². The van der Waals surface area contributed by atoms with Gasteiger partial charge < -0.3 is 10.1 Å². The second-order valence-electron chi connectivity index (χ2n) is 3.18. The number of nitrogens with one attached hydrogen (secondary N) is 1. The number of hydrogen-bond acceptors (Lipinski definition) is 4. The molecule has 2 rings (SSSR count). The lowest BCUT2D eigenvalue weighted by Crippen LogP contribution is -2.51. The lowest BCUT2D eigenvalue weighted by Gasteiger charge is -2.36. The topological polar surface area (TPSA) is 24.5 Å². The molecule has 0 spiro atoms. The summed E-state index contributed by atoms with van der Waals surface area (Å²) in [5.41, 5.74) is 0. The first kappa shape index (κ1) is 8.81. The van der Waals surface area contributed by atoms with Gasteiger partial charge in [0.15, 0.2) is 0 Å². The number of hydrogen-bond donors (Lipinski definition) is 1. The fourth-order valence-electron chi connectivity index (χ4n) is 1.65. The fourth-order valence-corrected chi connectivity index (χ4v) is 2.58. The Morgan fingerprint density at radius 1 is 1.33 bits per heavy atom. The standard InChI is InChI=1S/C8H16N2OS/c1-4-11-8(7-9-1)10-2-5-12-6-3-10/h8-9H,1-7H2. The molecule has 0 aromatic heterocycles. The van der Waals surface area contributed by atoms with Gasteiger partial charge in [0, 0.05) is 37.7 Å². The molecule has 2 heterocycles. The Labute approximate surface area is 77.8 Å². The molecule has 1 N–H and O–H groups in total. The Morgan fingerprint density at radius 3 is 2.83 bits per heavy atom. The molecule has 0 aliphatic carbocycles. The van der Waals surface area contributed by atoms with Crippen LogP contribution in [0, 0.1) is 0 Å². The van der Waals surface area contributed by atoms with Crippen molar-refractivity contribution in [2.75, 3.05) is 44.3 Å². The third-order valence-corrected chi connectivity index (χ3v) is 3.30. The predicted octanol–water partition coefficient (Wildman–Crippen LogP) is -0.0189. The Balaban J connectivity index is 1.80. The van der Waals surface area contributed by atoms with Crippen LogP contribution in [-0.2, 0) is 4.74 Å². The van der Waals surface area contributed by atoms with E-state index in [0.717, 1.165) is 19.7 Å². The highest BCUT2D eigenvalue weighted by Crippen LogP contribution is 2.13. The Morgan fingerprint density at radius 2 is 2.17 bits per heavy atom. The molecule has 0 aromatic carbocycles. The average molecular weight is 188 g/mol. The van der Waals surface area contributed by atoms with Crippen molar-refractivity contribution < 1.29 is 4.74 Å². The first-order chi connectivity index (χ1) is 5.97. The van der Waals surface area contributed by atoms with Crippen LogP contribution in [0.15, 0.2) is 0 Å². The number of thioether (sulfide) groups is 1. The molecule has 12 heavy (non-hydrogen) atoms. The summed E-state index contributed by atoms with van der Waals surface area (Å²) in [6.07, 6.45) is 0.347. The van der Waals surface area contributed by atoms with E-state index in [4.69, 9.17) is 4.74 Å². The Kier molecular flexibility index (Phi) is 3.28. The molecule has 0 saturated carbocycles. The third-order valence-electron chi connectivity index (χ3n) is 2.36. The van der Waals surface area contributed by atoms with Gasteiger partial charge in [-0.3, -0.25) is 4.90 Å². The number of morpholine rings is 1. The van der Waals surface area contributed by atoms with Crippen LogP contribution in [0.4, 0.5) is 0 Å². The number of ether oxygens (including phenoxy) is 1. The van der Waals surface area contributed by atoms with Gasteiger partial charge in [0.2, 0.25) is 0 Å². The van der Waals surface area contributed by atoms with Crippen LogP contribution in [0.5, 0.6) is 0 Å². The zero-order valence-corrected chi connectivity index (χ0v) is 8.11. The molecule has 0 radical (unpaired) electrons. The monoisotopic (exact) mass is 188 g/mol. The quantitative estimate of drug-likeness (QED) is 0.625. The number of nitrogens with zero attached hydrogens (tertiary/aromatic N) is 1. The van der Waals surface area contributed by atoms with Crippen LogP contribution in [0.3, 0.4) is 0 Å². The molecule has 1 unspecified atom stereocenters. The first-order valence-electron chi connectivity index (χ1n) is 4.61. The molecule has 2 saturated heterocycles. The summed E-state index contributed by atoms with van der Waals surface area (Å²) >= 11 is 2.05. The van der Waals surface area contributed by atoms with Crippen molar-refractivity contribution in [1.82, 2.24) is 10.2 Å². The second kappa shape index (κ2) is 4.46. The Bertz CT molecular complexity index is 117. The van der Waals surface area contributed by atoms with Gasteiger partial charge in [0.1, 0.15) is 6.23 Å². The summed E-state index contributed by atoms with van der Waals surface area (Å²) in [5, 5.41) is 3.36. The SMILES string of the molecule is C1COC(N2CCSCC2)CN1. The summed E-state index contributed by atoms with van der Waals surface area (Å²) in [7, 11) is 0. The minimum Gasteiger partial charge on any atom is -0.360 e. The largest absolute Gasteiger partial charge is 0.360 e. The van der Waals surface area contributed by atoms with E-state index in [1.807, 2.05) is 11.8 Å². The van der Waals surface area contributed by atoms with Crippen LogP contribution in [0.25, 0.3) is 0 Å². The van der Waals surface area contributed by atoms with Crippen molar-refractivity contribution in [2.45, 2.75) is 6.23 Å². The van der Waals surface area contributed by atoms with Crippen molar-refractivity contribution >= 4 is 11.8 Å². The molecule has 3 nitrogen and oxygen atoms in total. The van der Waals surface area contributed by atoms with E-state index in [1.165, 1.54) is 24.6 Å². The van der Waals surface area contributed by atoms with Crippen LogP contribution in [0.2, 0.25) is 0 Å². The molecule has 0 aromatic rings. The minimum atomic E-state index is 0.347. The molecule has 4 heteroatoms. The highest BCUT2D eigenvalue weighted by Gasteiger charge is 2.22. The third kappa shape index (κ3) is 2.13. The molecule has 2 fully saturated rings. The lowest BCUT2D eigenvalue weighted by atomic mass is 10.4. The smallest absolute Gasteiger partial charge is 0.123 e. The molecule has 70 valence electrons. The molecular formula is C8H16N2OS. The van der Waals surface area contributed by atoms with E-state index in [2.05, 4.69) is 10.2 Å². The van der Waals surface area contributed by atoms with Gasteiger partial charge in [-0.25, -0.2) is 0 Å². The van der Waals surface area contributed by atoms with Gasteiger partial charge in [0.05, 0.1) is 6.61 Å². The van der Waals surface area contributed by atoms with Gasteiger partial charge in [0.25, 0.3) is 0 Å². The highest BCUT2D eigenvalue weighted by atomic mass is 32.2. The van der Waals surface area contributed by atoms with Gasteiger partial charge in [-0.2, -0.15) is 11.8 Å². The van der Waals surface area contributed by atoms with E-state index < -0.39 is 0 Å². The van der Waals surface area contributed by atoms with Crippen molar-refractivity contribution in [3.63, 3.8) is 0 Å². The van der Waals surface area contributed by atoms with Crippen LogP contribution in [-0.4, -0.2) is 55.4 Å². The Hall–Kier alpha value is 0.230. The van der Waals surface area contributed by atoms with Gasteiger partial charge in [-0.05, 0) is 0 Å². The van der Waals surface area contributed by atoms with E-state index in [1.54, 1.807) is 0 Å². The van der Waals surface area contributed by atoms with Crippen LogP contribution < -0.4 is 5.32 Å². The van der Waals surface area contributed by atoms with Crippen molar-refractivity contribution in [2.24, 2.45) is 0 Å². The maximum Gasteiger partial charge on any atom is 0.123 e. The normalized spacial score (nSPS) is 33.5. The molecule has 0 amide bonds. The summed E-state index contributed by atoms with van der Waals surface area (Å²) in [5.74, 6) is 2.53.